The number of rotatable bonds is 5. The lowest BCUT2D eigenvalue weighted by atomic mass is 9.88. The van der Waals surface area contributed by atoms with Crippen molar-refractivity contribution in [3.8, 4) is 0 Å². The molecule has 118 valence electrons. The van der Waals surface area contributed by atoms with Gasteiger partial charge in [-0.3, -0.25) is 9.59 Å². The third-order valence-corrected chi connectivity index (χ3v) is 5.30. The van der Waals surface area contributed by atoms with Crippen molar-refractivity contribution in [2.75, 3.05) is 0 Å². The molecule has 2 heteroatoms. The van der Waals surface area contributed by atoms with Crippen molar-refractivity contribution in [3.05, 3.63) is 66.3 Å². The first-order valence-corrected chi connectivity index (χ1v) is 8.17. The molecule has 0 spiro atoms. The van der Waals surface area contributed by atoms with Crippen LogP contribution in [0.2, 0.25) is 0 Å². The molecule has 3 atom stereocenters. The zero-order valence-electron chi connectivity index (χ0n) is 13.6. The maximum Gasteiger partial charge on any atom is 0.143 e. The highest BCUT2D eigenvalue weighted by molar-refractivity contribution is 6.09. The Labute approximate surface area is 137 Å². The average Bonchev–Trinajstić information content (AvgIpc) is 3.24. The largest absolute Gasteiger partial charge is 0.299 e. The van der Waals surface area contributed by atoms with Crippen LogP contribution in [-0.4, -0.2) is 11.6 Å². The molecule has 2 nitrogen and oxygen atoms in total. The molecule has 23 heavy (non-hydrogen) atoms. The van der Waals surface area contributed by atoms with Crippen molar-refractivity contribution in [2.45, 2.75) is 20.3 Å². The average molecular weight is 306 g/mol. The van der Waals surface area contributed by atoms with Gasteiger partial charge in [0.15, 0.2) is 0 Å². The summed E-state index contributed by atoms with van der Waals surface area (Å²) < 4.78 is 0. The van der Waals surface area contributed by atoms with Gasteiger partial charge in [-0.1, -0.05) is 66.8 Å². The fourth-order valence-electron chi connectivity index (χ4n) is 4.24. The number of benzene rings is 1. The van der Waals surface area contributed by atoms with E-state index in [0.29, 0.717) is 0 Å². The second kappa shape index (κ2) is 6.11. The van der Waals surface area contributed by atoms with Gasteiger partial charge in [0.2, 0.25) is 0 Å². The van der Waals surface area contributed by atoms with E-state index in [1.165, 1.54) is 0 Å². The van der Waals surface area contributed by atoms with Crippen LogP contribution in [0.5, 0.6) is 0 Å². The Morgan fingerprint density at radius 1 is 1.09 bits per heavy atom. The second-order valence-corrected chi connectivity index (χ2v) is 6.51. The maximum absolute atomic E-state index is 12.1. The molecule has 0 radical (unpaired) electrons. The minimum absolute atomic E-state index is 0.0296. The van der Waals surface area contributed by atoms with Crippen LogP contribution < -0.4 is 0 Å². The van der Waals surface area contributed by atoms with E-state index < -0.39 is 5.41 Å². The van der Waals surface area contributed by atoms with Crippen LogP contribution in [0.15, 0.2) is 60.7 Å². The van der Waals surface area contributed by atoms with Gasteiger partial charge in [-0.2, -0.15) is 0 Å². The molecule has 0 bridgehead atoms. The highest BCUT2D eigenvalue weighted by Crippen LogP contribution is 2.67. The van der Waals surface area contributed by atoms with Gasteiger partial charge < -0.3 is 0 Å². The smallest absolute Gasteiger partial charge is 0.143 e. The van der Waals surface area contributed by atoms with Gasteiger partial charge >= 0.3 is 0 Å². The van der Waals surface area contributed by atoms with E-state index in [-0.39, 0.29) is 29.3 Å². The summed E-state index contributed by atoms with van der Waals surface area (Å²) >= 11 is 0. The Balaban J connectivity index is 1.73. The minimum Gasteiger partial charge on any atom is -0.299 e. The molecular weight excluding hydrogens is 284 g/mol. The van der Waals surface area contributed by atoms with Gasteiger partial charge in [-0.15, -0.1) is 0 Å². The van der Waals surface area contributed by atoms with E-state index in [4.69, 9.17) is 0 Å². The lowest BCUT2D eigenvalue weighted by Crippen LogP contribution is -2.26. The lowest BCUT2D eigenvalue weighted by molar-refractivity contribution is -0.133. The van der Waals surface area contributed by atoms with Gasteiger partial charge in [-0.25, -0.2) is 0 Å². The number of carbonyl (C=O) groups is 2. The Hall–Kier alpha value is -2.22. The van der Waals surface area contributed by atoms with Crippen molar-refractivity contribution in [3.63, 3.8) is 0 Å². The van der Waals surface area contributed by atoms with Crippen LogP contribution in [0, 0.1) is 23.2 Å². The molecule has 1 saturated carbocycles. The Morgan fingerprint density at radius 2 is 1.78 bits per heavy atom. The number of Topliss-reactive ketones (excluding diaryl/α,β-unsaturated/α-hetero) is 2. The van der Waals surface area contributed by atoms with E-state index >= 15 is 0 Å². The Bertz CT molecular complexity index is 680. The van der Waals surface area contributed by atoms with Gasteiger partial charge in [0, 0.05) is 0 Å². The molecule has 0 unspecified atom stereocenters. The third kappa shape index (κ3) is 2.63. The SMILES string of the molecule is CC(=O)C1(C(C)=O)[C@H]2[C@@H](/C=C/C=C/c3ccccc3)C=CC[C@H]21. The van der Waals surface area contributed by atoms with Crippen molar-refractivity contribution in [1.82, 2.24) is 0 Å². The van der Waals surface area contributed by atoms with Crippen LogP contribution in [0.25, 0.3) is 6.08 Å². The summed E-state index contributed by atoms with van der Waals surface area (Å²) in [4.78, 5) is 24.2. The molecular formula is C21H22O2. The fourth-order valence-corrected chi connectivity index (χ4v) is 4.24. The van der Waals surface area contributed by atoms with Crippen LogP contribution >= 0.6 is 0 Å². The summed E-state index contributed by atoms with van der Waals surface area (Å²) in [7, 11) is 0. The molecule has 0 aromatic heterocycles. The molecule has 0 heterocycles. The molecule has 1 fully saturated rings. The Morgan fingerprint density at radius 3 is 2.43 bits per heavy atom. The number of allylic oxidation sites excluding steroid dienone is 5. The van der Waals surface area contributed by atoms with Crippen LogP contribution in [0.3, 0.4) is 0 Å². The standard InChI is InChI=1S/C21H22O2/c1-15(22)21(16(2)23)19-14-8-13-18(20(19)21)12-7-6-11-17-9-4-3-5-10-17/h3-13,18-20H,14H2,1-2H3/b11-6+,12-7+/t18-,19+,20-/m0/s1. The van der Waals surface area contributed by atoms with Crippen LogP contribution in [0.4, 0.5) is 0 Å². The van der Waals surface area contributed by atoms with E-state index in [1.54, 1.807) is 13.8 Å². The second-order valence-electron chi connectivity index (χ2n) is 6.51. The van der Waals surface area contributed by atoms with Gasteiger partial charge in [0.05, 0.1) is 5.41 Å². The molecule has 2 aliphatic carbocycles. The normalized spacial score (nSPS) is 28.0. The number of ketones is 2. The monoisotopic (exact) mass is 306 g/mol. The molecule has 0 aliphatic heterocycles. The van der Waals surface area contributed by atoms with Crippen molar-refractivity contribution < 1.29 is 9.59 Å². The first kappa shape index (κ1) is 15.7. The zero-order valence-corrected chi connectivity index (χ0v) is 13.6. The lowest BCUT2D eigenvalue weighted by Gasteiger charge is -2.13. The summed E-state index contributed by atoms with van der Waals surface area (Å²) in [5, 5.41) is 0. The maximum atomic E-state index is 12.1. The summed E-state index contributed by atoms with van der Waals surface area (Å²) in [5.74, 6) is 0.560. The summed E-state index contributed by atoms with van der Waals surface area (Å²) in [5.41, 5.74) is 0.421. The predicted octanol–water partition coefficient (Wildman–Crippen LogP) is 4.24. The third-order valence-electron chi connectivity index (χ3n) is 5.30. The fraction of sp³-hybridized carbons (Fsp3) is 0.333. The van der Waals surface area contributed by atoms with Crippen molar-refractivity contribution in [2.24, 2.45) is 23.2 Å². The van der Waals surface area contributed by atoms with E-state index in [9.17, 15) is 9.59 Å². The van der Waals surface area contributed by atoms with Crippen LogP contribution in [0.1, 0.15) is 25.8 Å². The number of fused-ring (bicyclic) bond motifs is 1. The van der Waals surface area contributed by atoms with Crippen molar-refractivity contribution >= 4 is 17.6 Å². The first-order valence-electron chi connectivity index (χ1n) is 8.17. The van der Waals surface area contributed by atoms with E-state index in [1.807, 2.05) is 30.4 Å². The molecule has 0 N–H and O–H groups in total. The Kier molecular flexibility index (Phi) is 4.16. The quantitative estimate of drug-likeness (QED) is 0.463. The molecule has 0 saturated heterocycles. The number of hydrogen-bond acceptors (Lipinski definition) is 2. The summed E-state index contributed by atoms with van der Waals surface area (Å²) in [6.45, 7) is 3.13. The highest BCUT2D eigenvalue weighted by atomic mass is 16.2. The van der Waals surface area contributed by atoms with Crippen molar-refractivity contribution in [1.29, 1.82) is 0 Å². The highest BCUT2D eigenvalue weighted by Gasteiger charge is 2.72. The minimum atomic E-state index is -0.734. The zero-order chi connectivity index (χ0) is 16.4. The van der Waals surface area contributed by atoms with Gasteiger partial charge in [-0.05, 0) is 43.6 Å². The van der Waals surface area contributed by atoms with Gasteiger partial charge in [0.25, 0.3) is 0 Å². The molecule has 3 rings (SSSR count). The molecule has 1 aromatic carbocycles. The molecule has 2 aliphatic rings. The van der Waals surface area contributed by atoms with Gasteiger partial charge in [0.1, 0.15) is 11.6 Å². The summed E-state index contributed by atoms with van der Waals surface area (Å²) in [6, 6.07) is 10.1. The first-order chi connectivity index (χ1) is 11.1. The number of hydrogen-bond donors (Lipinski definition) is 0. The summed E-state index contributed by atoms with van der Waals surface area (Å²) in [6.07, 6.45) is 13.3. The predicted molar refractivity (Wildman–Crippen MR) is 92.6 cm³/mol. The van der Waals surface area contributed by atoms with E-state index in [0.717, 1.165) is 12.0 Å². The van der Waals surface area contributed by atoms with E-state index in [2.05, 4.69) is 36.4 Å². The molecule has 1 aromatic rings. The van der Waals surface area contributed by atoms with Crippen LogP contribution in [-0.2, 0) is 9.59 Å². The molecule has 0 amide bonds. The number of carbonyl (C=O) groups excluding carboxylic acids is 2. The topological polar surface area (TPSA) is 34.1 Å².